The monoisotopic (exact) mass is 588 g/mol. The van der Waals surface area contributed by atoms with Crippen LogP contribution in [0.3, 0.4) is 0 Å². The minimum Gasteiger partial charge on any atom is -0.392 e. The summed E-state index contributed by atoms with van der Waals surface area (Å²) in [6.07, 6.45) is -0.869. The van der Waals surface area contributed by atoms with E-state index in [0.29, 0.717) is 39.7 Å². The van der Waals surface area contributed by atoms with E-state index < -0.39 is 18.2 Å². The number of hydrogen-bond donors (Lipinski definition) is 4. The lowest BCUT2D eigenvalue weighted by atomic mass is 9.96. The number of nitrogens with zero attached hydrogens (tertiary/aromatic N) is 4. The Hall–Kier alpha value is -4.45. The number of benzene rings is 3. The molecule has 1 aliphatic heterocycles. The largest absolute Gasteiger partial charge is 0.392 e. The second-order valence-electron chi connectivity index (χ2n) is 11.1. The number of carbonyl (C=O) groups is 1. The van der Waals surface area contributed by atoms with Crippen LogP contribution in [0.15, 0.2) is 79.5 Å². The Morgan fingerprint density at radius 2 is 1.86 bits per heavy atom. The summed E-state index contributed by atoms with van der Waals surface area (Å²) < 4.78 is 29.9. The number of alkyl halides is 2. The van der Waals surface area contributed by atoms with Crippen molar-refractivity contribution < 1.29 is 23.8 Å². The quantitative estimate of drug-likeness (QED) is 0.157. The molecule has 1 saturated heterocycles. The second kappa shape index (κ2) is 12.4. The van der Waals surface area contributed by atoms with Gasteiger partial charge in [-0.1, -0.05) is 30.8 Å². The molecule has 224 valence electrons. The van der Waals surface area contributed by atoms with E-state index in [2.05, 4.69) is 22.2 Å². The molecule has 2 atom stereocenters. The lowest BCUT2D eigenvalue weighted by Gasteiger charge is -2.42. The van der Waals surface area contributed by atoms with Gasteiger partial charge in [-0.2, -0.15) is 0 Å². The Labute approximate surface area is 248 Å². The van der Waals surface area contributed by atoms with Gasteiger partial charge in [-0.25, -0.2) is 18.7 Å². The van der Waals surface area contributed by atoms with Gasteiger partial charge in [-0.3, -0.25) is 9.69 Å². The molecule has 2 heterocycles. The lowest BCUT2D eigenvalue weighted by Crippen LogP contribution is -2.58. The van der Waals surface area contributed by atoms with Crippen molar-refractivity contribution in [3.8, 4) is 11.1 Å². The molecular formula is C32H34F2N6O3. The summed E-state index contributed by atoms with van der Waals surface area (Å²) in [4.78, 5) is 23.7. The molecule has 1 amide bonds. The average molecular weight is 589 g/mol. The van der Waals surface area contributed by atoms with Gasteiger partial charge in [0.1, 0.15) is 0 Å². The van der Waals surface area contributed by atoms with Gasteiger partial charge in [0.25, 0.3) is 0 Å². The maximum Gasteiger partial charge on any atom is 0.247 e. The maximum absolute atomic E-state index is 15.0. The van der Waals surface area contributed by atoms with Crippen molar-refractivity contribution in [2.24, 2.45) is 0 Å². The Morgan fingerprint density at radius 3 is 2.56 bits per heavy atom. The van der Waals surface area contributed by atoms with Gasteiger partial charge in [0.2, 0.25) is 24.4 Å². The topological polar surface area (TPSA) is 114 Å². The van der Waals surface area contributed by atoms with Crippen LogP contribution in [-0.4, -0.2) is 68.8 Å². The number of halogens is 2. The molecule has 4 aromatic rings. The van der Waals surface area contributed by atoms with E-state index in [1.807, 2.05) is 18.2 Å². The summed E-state index contributed by atoms with van der Waals surface area (Å²) in [5.41, 5.74) is 3.33. The van der Waals surface area contributed by atoms with Gasteiger partial charge in [0, 0.05) is 53.8 Å². The van der Waals surface area contributed by atoms with Crippen molar-refractivity contribution in [1.29, 1.82) is 0 Å². The molecule has 4 N–H and O–H groups in total. The van der Waals surface area contributed by atoms with Crippen LogP contribution in [0, 0.1) is 0 Å². The zero-order valence-corrected chi connectivity index (χ0v) is 24.0. The molecular weight excluding hydrogens is 554 g/mol. The molecule has 1 aromatic heterocycles. The number of aliphatic hydroxyl groups is 2. The Kier molecular flexibility index (Phi) is 8.67. The van der Waals surface area contributed by atoms with Crippen LogP contribution in [-0.2, 0) is 11.4 Å². The highest BCUT2D eigenvalue weighted by atomic mass is 19.2. The van der Waals surface area contributed by atoms with E-state index in [4.69, 9.17) is 4.98 Å². The molecule has 11 heteroatoms. The third kappa shape index (κ3) is 6.80. The minimum absolute atomic E-state index is 0.0376. The zero-order chi connectivity index (χ0) is 30.7. The average Bonchev–Trinajstić information content (AvgIpc) is 2.99. The first-order valence-electron chi connectivity index (χ1n) is 13.9. The number of nitrogens with one attached hydrogen (secondary N) is 2. The Bertz CT molecular complexity index is 1630. The van der Waals surface area contributed by atoms with Gasteiger partial charge in [-0.15, -0.1) is 0 Å². The highest BCUT2D eigenvalue weighted by molar-refractivity contribution is 6.00. The minimum atomic E-state index is -1.87. The molecule has 0 radical (unpaired) electrons. The van der Waals surface area contributed by atoms with Crippen molar-refractivity contribution in [1.82, 2.24) is 14.9 Å². The summed E-state index contributed by atoms with van der Waals surface area (Å²) >= 11 is 0. The number of carbonyl (C=O) groups excluding carboxylic acids is 1. The number of rotatable bonds is 9. The van der Waals surface area contributed by atoms with Crippen molar-refractivity contribution in [2.45, 2.75) is 38.6 Å². The van der Waals surface area contributed by atoms with E-state index in [0.717, 1.165) is 10.9 Å². The zero-order valence-electron chi connectivity index (χ0n) is 24.0. The van der Waals surface area contributed by atoms with Crippen molar-refractivity contribution in [2.75, 3.05) is 35.2 Å². The number of aliphatic hydroxyl groups excluding tert-OH is 1. The molecule has 5 rings (SSSR count). The number of amides is 1. The number of anilines is 4. The first kappa shape index (κ1) is 30.0. The molecule has 3 aromatic carbocycles. The van der Waals surface area contributed by atoms with E-state index in [9.17, 15) is 19.4 Å². The molecule has 0 saturated carbocycles. The van der Waals surface area contributed by atoms with Gasteiger partial charge in [0.05, 0.1) is 17.7 Å². The highest BCUT2D eigenvalue weighted by Crippen LogP contribution is 2.34. The van der Waals surface area contributed by atoms with Gasteiger partial charge in [0.15, 0.2) is 0 Å². The van der Waals surface area contributed by atoms with Gasteiger partial charge in [-0.05, 0) is 67.4 Å². The molecule has 1 aliphatic rings. The van der Waals surface area contributed by atoms with Crippen LogP contribution in [0.25, 0.3) is 22.0 Å². The van der Waals surface area contributed by atoms with Crippen LogP contribution < -0.4 is 15.5 Å². The number of hydrogen-bond acceptors (Lipinski definition) is 8. The Morgan fingerprint density at radius 1 is 1.09 bits per heavy atom. The van der Waals surface area contributed by atoms with Crippen LogP contribution in [0.5, 0.6) is 0 Å². The summed E-state index contributed by atoms with van der Waals surface area (Å²) in [6.45, 7) is 6.99. The number of β-amino-alcohol motifs (C(OH)–C–C–N with tert-alkyl or cyclic N) is 1. The predicted molar refractivity (Wildman–Crippen MR) is 164 cm³/mol. The van der Waals surface area contributed by atoms with Crippen LogP contribution in [0.1, 0.15) is 19.4 Å². The van der Waals surface area contributed by atoms with Crippen LogP contribution >= 0.6 is 0 Å². The van der Waals surface area contributed by atoms with Crippen LogP contribution in [0.4, 0.5) is 31.8 Å². The molecule has 9 nitrogen and oxygen atoms in total. The number of piperazine rings is 1. The Balaban J connectivity index is 1.38. The third-order valence-electron chi connectivity index (χ3n) is 7.16. The second-order valence-corrected chi connectivity index (χ2v) is 11.1. The first-order chi connectivity index (χ1) is 20.6. The van der Waals surface area contributed by atoms with E-state index >= 15 is 4.39 Å². The number of aromatic nitrogens is 2. The van der Waals surface area contributed by atoms with Crippen molar-refractivity contribution in [3.05, 3.63) is 85.1 Å². The fraction of sp³-hybridized carbons (Fsp3) is 0.281. The molecule has 43 heavy (non-hydrogen) atoms. The maximum atomic E-state index is 15.0. The van der Waals surface area contributed by atoms with Gasteiger partial charge < -0.3 is 25.7 Å². The molecule has 2 unspecified atom stereocenters. The smallest absolute Gasteiger partial charge is 0.247 e. The lowest BCUT2D eigenvalue weighted by molar-refractivity contribution is -0.111. The standard InChI is InChI=1S/C32H34F2N6O3/c1-4-26(42)36-24-7-5-6-20(16-24)27-22(18-41)9-8-21-17-35-31(38-28(21)27)37-23-10-12-25(13-11-23)40-15-14-39(19-32(2,3)43)29(33)30(40)34/h4-13,16-17,29-30,41,43H,1,14-15,18-19H2,2-3H3,(H,36,42)(H,35,37,38). The molecule has 0 aliphatic carbocycles. The highest BCUT2D eigenvalue weighted by Gasteiger charge is 2.39. The third-order valence-corrected chi connectivity index (χ3v) is 7.16. The summed E-state index contributed by atoms with van der Waals surface area (Å²) in [6, 6.07) is 17.8. The van der Waals surface area contributed by atoms with Gasteiger partial charge >= 0.3 is 0 Å². The molecule has 1 fully saturated rings. The fourth-order valence-corrected chi connectivity index (χ4v) is 5.20. The summed E-state index contributed by atoms with van der Waals surface area (Å²) in [5, 5.41) is 26.8. The molecule has 0 spiro atoms. The van der Waals surface area contributed by atoms with E-state index in [-0.39, 0.29) is 32.1 Å². The van der Waals surface area contributed by atoms with E-state index in [1.54, 1.807) is 62.5 Å². The van der Waals surface area contributed by atoms with Crippen molar-refractivity contribution >= 4 is 39.8 Å². The van der Waals surface area contributed by atoms with Crippen molar-refractivity contribution in [3.63, 3.8) is 0 Å². The first-order valence-corrected chi connectivity index (χ1v) is 13.9. The summed E-state index contributed by atoms with van der Waals surface area (Å²) in [7, 11) is 0. The molecule has 0 bridgehead atoms. The summed E-state index contributed by atoms with van der Waals surface area (Å²) in [5.74, 6) is -0.0306. The SMILES string of the molecule is C=CC(=O)Nc1cccc(-c2c(CO)ccc3cnc(Nc4ccc(N5CCN(CC(C)(C)O)C(F)C5F)cc4)nc23)c1. The fourth-order valence-electron chi connectivity index (χ4n) is 5.20. The predicted octanol–water partition coefficient (Wildman–Crippen LogP) is 5.14. The normalized spacial score (nSPS) is 17.6. The van der Waals surface area contributed by atoms with E-state index in [1.165, 1.54) is 15.9 Å². The van der Waals surface area contributed by atoms with Crippen LogP contribution in [0.2, 0.25) is 0 Å². The number of fused-ring (bicyclic) bond motifs is 1.